The molecule has 0 spiro atoms. The first kappa shape index (κ1) is 19.5. The Hall–Kier alpha value is -0.870. The van der Waals surface area contributed by atoms with Gasteiger partial charge in [-0.1, -0.05) is 34.6 Å². The van der Waals surface area contributed by atoms with E-state index in [1.54, 1.807) is 11.2 Å². The fourth-order valence-electron chi connectivity index (χ4n) is 3.63. The fourth-order valence-corrected chi connectivity index (χ4v) is 4.97. The molecule has 2 aromatic rings. The maximum Gasteiger partial charge on any atom is 0.141 e. The summed E-state index contributed by atoms with van der Waals surface area (Å²) in [5.74, 6) is 3.24. The van der Waals surface area contributed by atoms with Crippen molar-refractivity contribution >= 4 is 39.8 Å². The third-order valence-corrected chi connectivity index (χ3v) is 5.70. The second-order valence-corrected chi connectivity index (χ2v) is 9.01. The Balaban J connectivity index is 0.00000208. The van der Waals surface area contributed by atoms with Crippen LogP contribution < -0.4 is 4.90 Å². The van der Waals surface area contributed by atoms with E-state index >= 15 is 0 Å². The summed E-state index contributed by atoms with van der Waals surface area (Å²) in [6.45, 7) is 13.6. The molecule has 0 N–H and O–H groups in total. The molecule has 1 atom stereocenters. The van der Waals surface area contributed by atoms with E-state index in [-0.39, 0.29) is 12.4 Å². The summed E-state index contributed by atoms with van der Waals surface area (Å²) in [5, 5.41) is 1.35. The maximum absolute atomic E-state index is 4.73. The van der Waals surface area contributed by atoms with E-state index in [2.05, 4.69) is 44.5 Å². The Labute approximate surface area is 156 Å². The van der Waals surface area contributed by atoms with E-state index in [0.29, 0.717) is 11.8 Å². The lowest BCUT2D eigenvalue weighted by Crippen LogP contribution is -2.32. The van der Waals surface area contributed by atoms with Gasteiger partial charge in [0.1, 0.15) is 17.0 Å². The molecule has 1 unspecified atom stereocenters. The highest BCUT2D eigenvalue weighted by Gasteiger charge is 2.25. The SMILES string of the molecule is CC(C)CN(CC(C)C)c1ncnc2sc3c(c12)CCC(C)C3.Cl. The lowest BCUT2D eigenvalue weighted by atomic mass is 9.89. The molecular formula is C19H30ClN3S. The molecule has 0 radical (unpaired) electrons. The standard InChI is InChI=1S/C19H29N3S.ClH/c1-12(2)9-22(10-13(3)4)18-17-15-7-6-14(5)8-16(15)23-19(17)21-11-20-18;/h11-14H,6-10H2,1-5H3;1H. The molecule has 1 aliphatic carbocycles. The first-order valence-electron chi connectivity index (χ1n) is 8.95. The molecule has 0 aromatic carbocycles. The molecule has 5 heteroatoms. The van der Waals surface area contributed by atoms with E-state index in [4.69, 9.17) is 4.98 Å². The number of hydrogen-bond donors (Lipinski definition) is 0. The molecule has 134 valence electrons. The number of anilines is 1. The number of nitrogens with zero attached hydrogens (tertiary/aromatic N) is 3. The van der Waals surface area contributed by atoms with Crippen LogP contribution in [0.1, 0.15) is 51.5 Å². The minimum Gasteiger partial charge on any atom is -0.355 e. The van der Waals surface area contributed by atoms with Crippen molar-refractivity contribution in [2.75, 3.05) is 18.0 Å². The van der Waals surface area contributed by atoms with Crippen molar-refractivity contribution in [3.05, 3.63) is 16.8 Å². The van der Waals surface area contributed by atoms with Crippen molar-refractivity contribution in [2.24, 2.45) is 17.8 Å². The van der Waals surface area contributed by atoms with Crippen LogP contribution in [0.2, 0.25) is 0 Å². The second-order valence-electron chi connectivity index (χ2n) is 7.92. The van der Waals surface area contributed by atoms with Gasteiger partial charge in [-0.05, 0) is 42.6 Å². The van der Waals surface area contributed by atoms with Crippen molar-refractivity contribution in [3.63, 3.8) is 0 Å². The molecule has 0 saturated carbocycles. The normalized spacial score (nSPS) is 17.2. The monoisotopic (exact) mass is 367 g/mol. The Morgan fingerprint density at radius 1 is 1.17 bits per heavy atom. The van der Waals surface area contributed by atoms with Crippen LogP contribution in [0.3, 0.4) is 0 Å². The Bertz CT molecular complexity index is 671. The van der Waals surface area contributed by atoms with E-state index < -0.39 is 0 Å². The van der Waals surface area contributed by atoms with Crippen molar-refractivity contribution < 1.29 is 0 Å². The molecule has 0 bridgehead atoms. The smallest absolute Gasteiger partial charge is 0.141 e. The summed E-state index contributed by atoms with van der Waals surface area (Å²) in [6.07, 6.45) is 5.45. The largest absolute Gasteiger partial charge is 0.355 e. The van der Waals surface area contributed by atoms with Gasteiger partial charge in [-0.2, -0.15) is 0 Å². The second kappa shape index (κ2) is 8.01. The van der Waals surface area contributed by atoms with Crippen molar-refractivity contribution in [3.8, 4) is 0 Å². The van der Waals surface area contributed by atoms with Crippen LogP contribution in [-0.4, -0.2) is 23.1 Å². The summed E-state index contributed by atoms with van der Waals surface area (Å²) in [7, 11) is 0. The Kier molecular flexibility index (Phi) is 6.49. The van der Waals surface area contributed by atoms with Gasteiger partial charge in [0.2, 0.25) is 0 Å². The number of aromatic nitrogens is 2. The van der Waals surface area contributed by atoms with Crippen LogP contribution in [-0.2, 0) is 12.8 Å². The number of aryl methyl sites for hydroxylation is 1. The molecule has 2 aromatic heterocycles. The van der Waals surface area contributed by atoms with Gasteiger partial charge in [0.15, 0.2) is 0 Å². The number of halogens is 1. The van der Waals surface area contributed by atoms with Gasteiger partial charge in [0.25, 0.3) is 0 Å². The summed E-state index contributed by atoms with van der Waals surface area (Å²) < 4.78 is 0. The maximum atomic E-state index is 4.73. The van der Waals surface area contributed by atoms with Gasteiger partial charge >= 0.3 is 0 Å². The minimum atomic E-state index is 0. The fraction of sp³-hybridized carbons (Fsp3) is 0.684. The lowest BCUT2D eigenvalue weighted by molar-refractivity contribution is 0.509. The molecule has 0 saturated heterocycles. The molecule has 24 heavy (non-hydrogen) atoms. The van der Waals surface area contributed by atoms with Crippen LogP contribution in [0.5, 0.6) is 0 Å². The number of fused-ring (bicyclic) bond motifs is 3. The van der Waals surface area contributed by atoms with E-state index in [1.165, 1.54) is 40.9 Å². The summed E-state index contributed by atoms with van der Waals surface area (Å²) in [6, 6.07) is 0. The van der Waals surface area contributed by atoms with Gasteiger partial charge in [0.05, 0.1) is 5.39 Å². The third kappa shape index (κ3) is 4.02. The van der Waals surface area contributed by atoms with Gasteiger partial charge in [-0.3, -0.25) is 0 Å². The highest BCUT2D eigenvalue weighted by molar-refractivity contribution is 7.19. The highest BCUT2D eigenvalue weighted by atomic mass is 35.5. The molecular weight excluding hydrogens is 338 g/mol. The summed E-state index contributed by atoms with van der Waals surface area (Å²) in [4.78, 5) is 14.6. The first-order chi connectivity index (χ1) is 11.0. The van der Waals surface area contributed by atoms with Gasteiger partial charge in [-0.25, -0.2) is 9.97 Å². The van der Waals surface area contributed by atoms with E-state index in [9.17, 15) is 0 Å². The number of rotatable bonds is 5. The van der Waals surface area contributed by atoms with Crippen molar-refractivity contribution in [2.45, 2.75) is 53.9 Å². The average Bonchev–Trinajstić information content (AvgIpc) is 2.82. The molecule has 3 rings (SSSR count). The molecule has 0 aliphatic heterocycles. The van der Waals surface area contributed by atoms with Crippen molar-refractivity contribution in [1.29, 1.82) is 0 Å². The van der Waals surface area contributed by atoms with Crippen LogP contribution in [0, 0.1) is 17.8 Å². The van der Waals surface area contributed by atoms with Gasteiger partial charge in [0, 0.05) is 18.0 Å². The number of thiophene rings is 1. The summed E-state index contributed by atoms with van der Waals surface area (Å²) >= 11 is 1.90. The molecule has 2 heterocycles. The van der Waals surface area contributed by atoms with Crippen molar-refractivity contribution in [1.82, 2.24) is 9.97 Å². The van der Waals surface area contributed by atoms with Crippen LogP contribution >= 0.6 is 23.7 Å². The molecule has 0 fully saturated rings. The number of hydrogen-bond acceptors (Lipinski definition) is 4. The predicted molar refractivity (Wildman–Crippen MR) is 108 cm³/mol. The Morgan fingerprint density at radius 3 is 2.46 bits per heavy atom. The zero-order valence-corrected chi connectivity index (χ0v) is 17.1. The minimum absolute atomic E-state index is 0. The van der Waals surface area contributed by atoms with E-state index in [0.717, 1.165) is 19.0 Å². The zero-order chi connectivity index (χ0) is 16.6. The predicted octanol–water partition coefficient (Wildman–Crippen LogP) is 5.36. The van der Waals surface area contributed by atoms with Gasteiger partial charge in [-0.15, -0.1) is 23.7 Å². The van der Waals surface area contributed by atoms with Gasteiger partial charge < -0.3 is 4.90 Å². The highest BCUT2D eigenvalue weighted by Crippen LogP contribution is 2.40. The average molecular weight is 368 g/mol. The first-order valence-corrected chi connectivity index (χ1v) is 9.77. The van der Waals surface area contributed by atoms with Crippen LogP contribution in [0.15, 0.2) is 6.33 Å². The Morgan fingerprint density at radius 2 is 1.83 bits per heavy atom. The molecule has 1 aliphatic rings. The molecule has 3 nitrogen and oxygen atoms in total. The summed E-state index contributed by atoms with van der Waals surface area (Å²) in [5.41, 5.74) is 1.54. The van der Waals surface area contributed by atoms with E-state index in [1.807, 2.05) is 11.3 Å². The quantitative estimate of drug-likeness (QED) is 0.712. The topological polar surface area (TPSA) is 29.0 Å². The third-order valence-electron chi connectivity index (χ3n) is 4.54. The lowest BCUT2D eigenvalue weighted by Gasteiger charge is -2.28. The zero-order valence-electron chi connectivity index (χ0n) is 15.5. The molecule has 0 amide bonds. The van der Waals surface area contributed by atoms with Crippen LogP contribution in [0.25, 0.3) is 10.2 Å². The van der Waals surface area contributed by atoms with Crippen LogP contribution in [0.4, 0.5) is 5.82 Å².